The summed E-state index contributed by atoms with van der Waals surface area (Å²) in [6.45, 7) is 0. The van der Waals surface area contributed by atoms with E-state index in [4.69, 9.17) is 30.0 Å². The maximum Gasteiger partial charge on any atom is 0.503 e. The fourth-order valence-corrected chi connectivity index (χ4v) is 2.12. The maximum atomic E-state index is 8.56. The van der Waals surface area contributed by atoms with Crippen LogP contribution in [0.15, 0.2) is 0 Å². The molecule has 0 aromatic rings. The largest absolute Gasteiger partial charge is 0.503 e. The average Bonchev–Trinajstić information content (AvgIpc) is 2.28. The van der Waals surface area contributed by atoms with Gasteiger partial charge in [0.05, 0.1) is 0 Å². The van der Waals surface area contributed by atoms with Gasteiger partial charge in [-0.25, -0.2) is 9.59 Å². The van der Waals surface area contributed by atoms with Crippen LogP contribution in [0.3, 0.4) is 0 Å². The van der Waals surface area contributed by atoms with Gasteiger partial charge in [0.15, 0.2) is 0 Å². The Morgan fingerprint density at radius 2 is 0.450 bits per heavy atom. The van der Waals surface area contributed by atoms with Gasteiger partial charge < -0.3 is 20.4 Å². The monoisotopic (exact) mass is 292 g/mol. The van der Waals surface area contributed by atoms with Crippen molar-refractivity contribution in [3.63, 3.8) is 0 Å². The highest BCUT2D eigenvalue weighted by atomic mass is 16.6. The molecule has 0 aromatic carbocycles. The number of rotatable bonds is 0. The third kappa shape index (κ3) is 36.0. The van der Waals surface area contributed by atoms with E-state index in [1.54, 1.807) is 0 Å². The van der Waals surface area contributed by atoms with Gasteiger partial charge in [-0.2, -0.15) is 0 Å². The topological polar surface area (TPSA) is 115 Å². The Balaban J connectivity index is 0. The molecule has 0 unspecified atom stereocenters. The minimum Gasteiger partial charge on any atom is -0.450 e. The molecule has 0 amide bonds. The molecule has 0 saturated heterocycles. The lowest BCUT2D eigenvalue weighted by Gasteiger charge is -2.05. The van der Waals surface area contributed by atoms with Crippen LogP contribution >= 0.6 is 0 Å². The van der Waals surface area contributed by atoms with Crippen molar-refractivity contribution in [2.24, 2.45) is 0 Å². The molecule has 1 aliphatic carbocycles. The predicted molar refractivity (Wildman–Crippen MR) is 76.7 cm³/mol. The van der Waals surface area contributed by atoms with Gasteiger partial charge in [0, 0.05) is 0 Å². The fourth-order valence-electron chi connectivity index (χ4n) is 2.12. The van der Waals surface area contributed by atoms with E-state index in [1.807, 2.05) is 0 Å². The van der Waals surface area contributed by atoms with Gasteiger partial charge in [0.1, 0.15) is 0 Å². The number of carboxylic acid groups (broad SMARTS) is 4. The summed E-state index contributed by atoms with van der Waals surface area (Å²) in [6, 6.07) is 0. The third-order valence-corrected chi connectivity index (χ3v) is 3.00. The quantitative estimate of drug-likeness (QED) is 0.492. The molecule has 0 spiro atoms. The van der Waals surface area contributed by atoms with Crippen molar-refractivity contribution in [3.05, 3.63) is 0 Å². The van der Waals surface area contributed by atoms with E-state index < -0.39 is 12.3 Å². The van der Waals surface area contributed by atoms with Gasteiger partial charge in [-0.1, -0.05) is 77.0 Å². The van der Waals surface area contributed by atoms with Crippen LogP contribution in [0.2, 0.25) is 0 Å². The van der Waals surface area contributed by atoms with Crippen molar-refractivity contribution in [2.75, 3.05) is 0 Å². The van der Waals surface area contributed by atoms with Crippen LogP contribution in [-0.2, 0) is 0 Å². The number of carbonyl (C=O) groups is 2. The van der Waals surface area contributed by atoms with Gasteiger partial charge in [0.25, 0.3) is 0 Å². The fraction of sp³-hybridized carbons (Fsp3) is 0.857. The van der Waals surface area contributed by atoms with Gasteiger partial charge in [-0.05, 0) is 0 Å². The molecule has 1 aliphatic rings. The molecule has 4 N–H and O–H groups in total. The summed E-state index contributed by atoms with van der Waals surface area (Å²) in [5, 5.41) is 27.9. The van der Waals surface area contributed by atoms with E-state index >= 15 is 0 Å². The molecule has 1 fully saturated rings. The predicted octanol–water partition coefficient (Wildman–Crippen LogP) is 5.13. The van der Waals surface area contributed by atoms with Crippen LogP contribution in [0.1, 0.15) is 77.0 Å². The van der Waals surface area contributed by atoms with Crippen molar-refractivity contribution in [1.29, 1.82) is 0 Å². The van der Waals surface area contributed by atoms with Crippen LogP contribution in [0.25, 0.3) is 0 Å². The normalized spacial score (nSPS) is 16.8. The molecule has 1 rings (SSSR count). The first-order valence-corrected chi connectivity index (χ1v) is 7.30. The Hall–Kier alpha value is -1.46. The second-order valence-corrected chi connectivity index (χ2v) is 4.81. The summed E-state index contributed by atoms with van der Waals surface area (Å²) >= 11 is 0. The molecular weight excluding hydrogens is 264 g/mol. The summed E-state index contributed by atoms with van der Waals surface area (Å²) < 4.78 is 0. The van der Waals surface area contributed by atoms with Crippen molar-refractivity contribution < 1.29 is 30.0 Å². The molecule has 120 valence electrons. The van der Waals surface area contributed by atoms with E-state index in [0.29, 0.717) is 0 Å². The SMILES string of the molecule is C1CCCCCCCCCCC1.O=C(O)O.O=C(O)O. The smallest absolute Gasteiger partial charge is 0.450 e. The van der Waals surface area contributed by atoms with Crippen LogP contribution < -0.4 is 0 Å². The highest BCUT2D eigenvalue weighted by Gasteiger charge is 1.96. The molecule has 20 heavy (non-hydrogen) atoms. The molecule has 0 aliphatic heterocycles. The molecule has 0 bridgehead atoms. The van der Waals surface area contributed by atoms with Gasteiger partial charge in [-0.15, -0.1) is 0 Å². The van der Waals surface area contributed by atoms with E-state index in [9.17, 15) is 0 Å². The zero-order valence-corrected chi connectivity index (χ0v) is 12.1. The Morgan fingerprint density at radius 1 is 0.400 bits per heavy atom. The minimum absolute atomic E-state index is 1.50. The molecule has 6 nitrogen and oxygen atoms in total. The second-order valence-electron chi connectivity index (χ2n) is 4.81. The van der Waals surface area contributed by atoms with Crippen molar-refractivity contribution in [2.45, 2.75) is 77.0 Å². The maximum absolute atomic E-state index is 8.56. The lowest BCUT2D eigenvalue weighted by molar-refractivity contribution is 0.135. The minimum atomic E-state index is -1.83. The van der Waals surface area contributed by atoms with E-state index in [0.717, 1.165) is 0 Å². The first-order valence-electron chi connectivity index (χ1n) is 7.30. The van der Waals surface area contributed by atoms with Gasteiger partial charge >= 0.3 is 12.3 Å². The Kier molecular flexibility index (Phi) is 18.3. The van der Waals surface area contributed by atoms with Gasteiger partial charge in [0.2, 0.25) is 0 Å². The summed E-state index contributed by atoms with van der Waals surface area (Å²) in [6.07, 6.45) is 14.3. The van der Waals surface area contributed by atoms with E-state index in [-0.39, 0.29) is 0 Å². The molecule has 0 heterocycles. The Labute approximate surface area is 120 Å². The first-order chi connectivity index (χ1) is 9.46. The lowest BCUT2D eigenvalue weighted by Crippen LogP contribution is -1.85. The van der Waals surface area contributed by atoms with Gasteiger partial charge in [-0.3, -0.25) is 0 Å². The summed E-state index contributed by atoms with van der Waals surface area (Å²) in [7, 11) is 0. The molecule has 1 saturated carbocycles. The van der Waals surface area contributed by atoms with Crippen LogP contribution in [-0.4, -0.2) is 32.7 Å². The summed E-state index contributed by atoms with van der Waals surface area (Å²) in [5.41, 5.74) is 0. The van der Waals surface area contributed by atoms with Crippen molar-refractivity contribution >= 4 is 12.3 Å². The molecule has 0 radical (unpaired) electrons. The zero-order valence-electron chi connectivity index (χ0n) is 12.1. The zero-order chi connectivity index (χ0) is 15.6. The van der Waals surface area contributed by atoms with Crippen molar-refractivity contribution in [3.8, 4) is 0 Å². The van der Waals surface area contributed by atoms with Crippen molar-refractivity contribution in [1.82, 2.24) is 0 Å². The molecule has 6 heteroatoms. The Bertz CT molecular complexity index is 167. The highest BCUT2D eigenvalue weighted by molar-refractivity contribution is 5.53. The molecule has 0 atom stereocenters. The number of hydrogen-bond donors (Lipinski definition) is 4. The highest BCUT2D eigenvalue weighted by Crippen LogP contribution is 2.15. The second kappa shape index (κ2) is 17.5. The molecular formula is C14H28O6. The van der Waals surface area contributed by atoms with Crippen LogP contribution in [0.5, 0.6) is 0 Å². The standard InChI is InChI=1S/C12H24.2CH2O3/c1-2-4-6-8-10-12-11-9-7-5-3-1;2*2-1(3)4/h1-12H2;2*(H2,2,3,4). The van der Waals surface area contributed by atoms with Crippen LogP contribution in [0, 0.1) is 0 Å². The lowest BCUT2D eigenvalue weighted by atomic mass is 10.0. The summed E-state index contributed by atoms with van der Waals surface area (Å²) in [4.78, 5) is 17.1. The van der Waals surface area contributed by atoms with E-state index in [1.165, 1.54) is 77.0 Å². The first kappa shape index (κ1) is 20.8. The molecule has 0 aromatic heterocycles. The summed E-state index contributed by atoms with van der Waals surface area (Å²) in [5.74, 6) is 0. The Morgan fingerprint density at radius 3 is 0.500 bits per heavy atom. The average molecular weight is 292 g/mol. The third-order valence-electron chi connectivity index (χ3n) is 3.00. The van der Waals surface area contributed by atoms with E-state index in [2.05, 4.69) is 0 Å². The van der Waals surface area contributed by atoms with Crippen LogP contribution in [0.4, 0.5) is 9.59 Å². The number of hydrogen-bond acceptors (Lipinski definition) is 2.